The number of nitrogens with one attached hydrogen (secondary N) is 2. The summed E-state index contributed by atoms with van der Waals surface area (Å²) < 4.78 is 59.4. The highest BCUT2D eigenvalue weighted by Gasteiger charge is 2.24. The fourth-order valence-electron chi connectivity index (χ4n) is 2.20. The molecule has 0 saturated carbocycles. The Morgan fingerprint density at radius 2 is 1.96 bits per heavy atom. The lowest BCUT2D eigenvalue weighted by Gasteiger charge is -2.14. The molecule has 0 aliphatic carbocycles. The molecule has 10 heteroatoms. The van der Waals surface area contributed by atoms with Crippen LogP contribution in [0.5, 0.6) is 5.75 Å². The molecule has 1 heterocycles. The Bertz CT molecular complexity index is 966. The van der Waals surface area contributed by atoms with Crippen molar-refractivity contribution < 1.29 is 26.7 Å². The van der Waals surface area contributed by atoms with E-state index >= 15 is 0 Å². The Labute approximate surface area is 150 Å². The molecule has 2 aromatic carbocycles. The van der Waals surface area contributed by atoms with Crippen molar-refractivity contribution in [2.75, 3.05) is 16.6 Å². The van der Waals surface area contributed by atoms with Gasteiger partial charge in [0.1, 0.15) is 22.3 Å². The van der Waals surface area contributed by atoms with E-state index in [1.807, 2.05) is 0 Å². The number of ether oxygens (including phenoxy) is 1. The van der Waals surface area contributed by atoms with Crippen LogP contribution >= 0.6 is 15.9 Å². The Morgan fingerprint density at radius 3 is 2.68 bits per heavy atom. The average Bonchev–Trinajstić information content (AvgIpc) is 2.69. The minimum atomic E-state index is -4.19. The lowest BCUT2D eigenvalue weighted by molar-refractivity contribution is -0.116. The first-order valence-electron chi connectivity index (χ1n) is 7.00. The SMILES string of the molecule is O=C1CCOc2cc(S(=O)(=O)Nc3ccc(F)cc3F)c(Br)cc2N1. The van der Waals surface area contributed by atoms with Crippen LogP contribution in [0.25, 0.3) is 0 Å². The third-order valence-electron chi connectivity index (χ3n) is 3.36. The molecular weight excluding hydrogens is 422 g/mol. The predicted octanol–water partition coefficient (Wildman–Crippen LogP) is 3.25. The van der Waals surface area contributed by atoms with Crippen molar-refractivity contribution in [2.45, 2.75) is 11.3 Å². The zero-order chi connectivity index (χ0) is 18.2. The molecule has 0 aromatic heterocycles. The number of anilines is 2. The van der Waals surface area contributed by atoms with Gasteiger partial charge in [-0.15, -0.1) is 0 Å². The van der Waals surface area contributed by atoms with Crippen molar-refractivity contribution in [1.82, 2.24) is 0 Å². The summed E-state index contributed by atoms with van der Waals surface area (Å²) in [7, 11) is -4.19. The summed E-state index contributed by atoms with van der Waals surface area (Å²) in [5.41, 5.74) is -0.0706. The Hall–Kier alpha value is -2.20. The van der Waals surface area contributed by atoms with E-state index in [0.29, 0.717) is 11.8 Å². The summed E-state index contributed by atoms with van der Waals surface area (Å²) in [4.78, 5) is 11.3. The molecule has 1 aliphatic heterocycles. The Kier molecular flexibility index (Phi) is 4.65. The molecule has 6 nitrogen and oxygen atoms in total. The second-order valence-electron chi connectivity index (χ2n) is 5.16. The normalized spacial score (nSPS) is 14.1. The lowest BCUT2D eigenvalue weighted by atomic mass is 10.3. The minimum Gasteiger partial charge on any atom is -0.491 e. The third kappa shape index (κ3) is 3.74. The average molecular weight is 433 g/mol. The van der Waals surface area contributed by atoms with Crippen molar-refractivity contribution in [1.29, 1.82) is 0 Å². The number of rotatable bonds is 3. The van der Waals surface area contributed by atoms with Gasteiger partial charge in [-0.1, -0.05) is 0 Å². The zero-order valence-electron chi connectivity index (χ0n) is 12.5. The van der Waals surface area contributed by atoms with Crippen LogP contribution in [-0.2, 0) is 14.8 Å². The highest BCUT2D eigenvalue weighted by Crippen LogP contribution is 2.36. The molecule has 0 fully saturated rings. The number of benzene rings is 2. The summed E-state index contributed by atoms with van der Waals surface area (Å²) in [5.74, 6) is -1.95. The lowest BCUT2D eigenvalue weighted by Crippen LogP contribution is -2.15. The van der Waals surface area contributed by atoms with Gasteiger partial charge < -0.3 is 10.1 Å². The van der Waals surface area contributed by atoms with Crippen LogP contribution in [0.4, 0.5) is 20.2 Å². The predicted molar refractivity (Wildman–Crippen MR) is 90.1 cm³/mol. The van der Waals surface area contributed by atoms with Crippen LogP contribution in [-0.4, -0.2) is 20.9 Å². The first-order valence-corrected chi connectivity index (χ1v) is 9.28. The number of amides is 1. The monoisotopic (exact) mass is 432 g/mol. The molecule has 1 aliphatic rings. The largest absolute Gasteiger partial charge is 0.491 e. The van der Waals surface area contributed by atoms with Crippen molar-refractivity contribution in [2.24, 2.45) is 0 Å². The molecule has 0 unspecified atom stereocenters. The van der Waals surface area contributed by atoms with E-state index in [1.54, 1.807) is 0 Å². The summed E-state index contributed by atoms with van der Waals surface area (Å²) in [6, 6.07) is 5.09. The van der Waals surface area contributed by atoms with E-state index in [1.165, 1.54) is 12.1 Å². The van der Waals surface area contributed by atoms with E-state index in [0.717, 1.165) is 12.1 Å². The first kappa shape index (κ1) is 17.6. The zero-order valence-corrected chi connectivity index (χ0v) is 14.9. The maximum absolute atomic E-state index is 13.7. The number of sulfonamides is 1. The van der Waals surface area contributed by atoms with Crippen LogP contribution in [0.3, 0.4) is 0 Å². The number of halogens is 3. The van der Waals surface area contributed by atoms with Gasteiger partial charge in [-0.3, -0.25) is 9.52 Å². The molecule has 0 atom stereocenters. The second-order valence-corrected chi connectivity index (χ2v) is 7.66. The molecule has 0 radical (unpaired) electrons. The molecular formula is C15H11BrF2N2O4S. The van der Waals surface area contributed by atoms with Gasteiger partial charge in [0.2, 0.25) is 5.91 Å². The molecule has 25 heavy (non-hydrogen) atoms. The summed E-state index contributed by atoms with van der Waals surface area (Å²) >= 11 is 3.12. The quantitative estimate of drug-likeness (QED) is 0.779. The Morgan fingerprint density at radius 1 is 1.20 bits per heavy atom. The molecule has 2 aromatic rings. The minimum absolute atomic E-state index is 0.0972. The van der Waals surface area contributed by atoms with Gasteiger partial charge in [-0.05, 0) is 34.1 Å². The van der Waals surface area contributed by atoms with E-state index in [2.05, 4.69) is 26.0 Å². The number of carbonyl (C=O) groups is 1. The van der Waals surface area contributed by atoms with E-state index in [4.69, 9.17) is 4.74 Å². The maximum atomic E-state index is 13.7. The highest BCUT2D eigenvalue weighted by atomic mass is 79.9. The van der Waals surface area contributed by atoms with Gasteiger partial charge in [0.05, 0.1) is 24.4 Å². The summed E-state index contributed by atoms with van der Waals surface area (Å²) in [5, 5.41) is 2.60. The van der Waals surface area contributed by atoms with Gasteiger partial charge in [0, 0.05) is 16.6 Å². The molecule has 1 amide bonds. The molecule has 2 N–H and O–H groups in total. The maximum Gasteiger partial charge on any atom is 0.263 e. The van der Waals surface area contributed by atoms with Crippen LogP contribution in [0.1, 0.15) is 6.42 Å². The van der Waals surface area contributed by atoms with Gasteiger partial charge in [-0.2, -0.15) is 0 Å². The number of fused-ring (bicyclic) bond motifs is 1. The van der Waals surface area contributed by atoms with Gasteiger partial charge in [0.15, 0.2) is 0 Å². The van der Waals surface area contributed by atoms with Crippen LogP contribution in [0.15, 0.2) is 39.7 Å². The fraction of sp³-hybridized carbons (Fsp3) is 0.133. The van der Waals surface area contributed by atoms with E-state index in [-0.39, 0.29) is 34.1 Å². The second kappa shape index (κ2) is 6.60. The summed E-state index contributed by atoms with van der Waals surface area (Å²) in [6.07, 6.45) is 0.132. The number of hydrogen-bond donors (Lipinski definition) is 2. The molecule has 3 rings (SSSR count). The van der Waals surface area contributed by atoms with Crippen molar-refractivity contribution in [3.63, 3.8) is 0 Å². The van der Waals surface area contributed by atoms with E-state index in [9.17, 15) is 22.0 Å². The molecule has 132 valence electrons. The van der Waals surface area contributed by atoms with E-state index < -0.39 is 27.3 Å². The van der Waals surface area contributed by atoms with Crippen LogP contribution in [0.2, 0.25) is 0 Å². The van der Waals surface area contributed by atoms with Crippen LogP contribution in [0, 0.1) is 11.6 Å². The van der Waals surface area contributed by atoms with Crippen molar-refractivity contribution in [3.05, 3.63) is 46.4 Å². The van der Waals surface area contributed by atoms with Crippen LogP contribution < -0.4 is 14.8 Å². The smallest absolute Gasteiger partial charge is 0.263 e. The fourth-order valence-corrected chi connectivity index (χ4v) is 4.32. The highest BCUT2D eigenvalue weighted by molar-refractivity contribution is 9.10. The molecule has 0 bridgehead atoms. The number of carbonyl (C=O) groups excluding carboxylic acids is 1. The topological polar surface area (TPSA) is 84.5 Å². The van der Waals surface area contributed by atoms with Gasteiger partial charge in [0.25, 0.3) is 10.0 Å². The van der Waals surface area contributed by atoms with Gasteiger partial charge >= 0.3 is 0 Å². The van der Waals surface area contributed by atoms with Gasteiger partial charge in [-0.25, -0.2) is 17.2 Å². The third-order valence-corrected chi connectivity index (χ3v) is 5.68. The number of hydrogen-bond acceptors (Lipinski definition) is 4. The first-order chi connectivity index (χ1) is 11.8. The molecule has 0 saturated heterocycles. The standard InChI is InChI=1S/C15H11BrF2N2O4S/c16-9-6-12-13(24-4-3-15(21)19-12)7-14(9)25(22,23)20-11-2-1-8(17)5-10(11)18/h1-2,5-7,20H,3-4H2,(H,19,21). The van der Waals surface area contributed by atoms with Crippen molar-refractivity contribution in [3.8, 4) is 5.75 Å². The Balaban J connectivity index is 2.00. The van der Waals surface area contributed by atoms with Crippen molar-refractivity contribution >= 4 is 43.2 Å². The molecule has 0 spiro atoms. The summed E-state index contributed by atoms with van der Waals surface area (Å²) in [6.45, 7) is 0.0972.